The molecule has 0 heterocycles. The molecule has 0 unspecified atom stereocenters. The van der Waals surface area contributed by atoms with Gasteiger partial charge in [0, 0.05) is 51.7 Å². The molecule has 9 aromatic rings. The smallest absolute Gasteiger partial charge is 0.346 e. The summed E-state index contributed by atoms with van der Waals surface area (Å²) < 4.78 is 16.0. The molecule has 0 atom stereocenters. The standard InChI is InChI=1S/C52H36Cl6O2Si2/c1-2-34-7-32-49-50(33-34)52(60-62(44-26-14-38(56)15-27-44,45-28-16-39(57)17-29-45)46-30-18-40(58)19-31-46)48-6-4-3-5-47(48)51(49)59-61(41-20-8-35(53)9-21-41,42-22-10-36(54)11-23-42)43-24-12-37(55)13-25-43/h3-33H,2H2,1H3. The number of aryl methyl sites for hydroxylation is 1. The molecule has 0 N–H and O–H groups in total. The van der Waals surface area contributed by atoms with E-state index in [0.29, 0.717) is 30.1 Å². The van der Waals surface area contributed by atoms with E-state index in [9.17, 15) is 0 Å². The van der Waals surface area contributed by atoms with E-state index in [4.69, 9.17) is 78.5 Å². The molecular weight excluding hydrogens is 925 g/mol. The summed E-state index contributed by atoms with van der Waals surface area (Å²) in [6.07, 6.45) is 0.811. The maximum Gasteiger partial charge on any atom is 0.346 e. The van der Waals surface area contributed by atoms with E-state index >= 15 is 0 Å². The predicted molar refractivity (Wildman–Crippen MR) is 270 cm³/mol. The average Bonchev–Trinajstić information content (AvgIpc) is 3.29. The number of fused-ring (bicyclic) bond motifs is 2. The topological polar surface area (TPSA) is 18.5 Å². The second kappa shape index (κ2) is 17.8. The summed E-state index contributed by atoms with van der Waals surface area (Å²) >= 11 is 39.5. The van der Waals surface area contributed by atoms with Gasteiger partial charge in [0.25, 0.3) is 0 Å². The zero-order valence-corrected chi connectivity index (χ0v) is 39.7. The maximum absolute atomic E-state index is 8.01. The molecule has 62 heavy (non-hydrogen) atoms. The van der Waals surface area contributed by atoms with Crippen molar-refractivity contribution in [3.05, 3.63) is 224 Å². The Morgan fingerprint density at radius 2 is 0.581 bits per heavy atom. The molecule has 0 radical (unpaired) electrons. The van der Waals surface area contributed by atoms with Crippen LogP contribution in [0.25, 0.3) is 21.5 Å². The molecule has 9 rings (SSSR count). The Labute approximate surface area is 393 Å². The van der Waals surface area contributed by atoms with E-state index in [0.717, 1.165) is 76.1 Å². The Kier molecular flexibility index (Phi) is 12.2. The molecule has 0 spiro atoms. The highest BCUT2D eigenvalue weighted by Crippen LogP contribution is 2.45. The lowest BCUT2D eigenvalue weighted by Crippen LogP contribution is -2.71. The minimum atomic E-state index is -3.48. The molecule has 10 heteroatoms. The predicted octanol–water partition coefficient (Wildman–Crippen LogP) is 12.6. The van der Waals surface area contributed by atoms with Gasteiger partial charge in [0.1, 0.15) is 11.5 Å². The molecule has 0 aliphatic rings. The van der Waals surface area contributed by atoms with Gasteiger partial charge in [0.2, 0.25) is 0 Å². The van der Waals surface area contributed by atoms with Gasteiger partial charge in [0.05, 0.1) is 0 Å². The molecule has 0 aromatic heterocycles. The quantitative estimate of drug-likeness (QED) is 0.0731. The number of halogens is 6. The van der Waals surface area contributed by atoms with Gasteiger partial charge in [-0.3, -0.25) is 0 Å². The van der Waals surface area contributed by atoms with Crippen LogP contribution in [0, 0.1) is 0 Å². The zero-order chi connectivity index (χ0) is 43.0. The molecule has 0 bridgehead atoms. The summed E-state index contributed by atoms with van der Waals surface area (Å²) in [6, 6.07) is 62.8. The van der Waals surface area contributed by atoms with Gasteiger partial charge in [-0.15, -0.1) is 0 Å². The lowest BCUT2D eigenvalue weighted by atomic mass is 9.98. The fraction of sp³-hybridized carbons (Fsp3) is 0.0385. The first-order valence-corrected chi connectivity index (χ1v) is 26.1. The maximum atomic E-state index is 8.01. The number of benzene rings is 9. The van der Waals surface area contributed by atoms with Crippen LogP contribution >= 0.6 is 69.6 Å². The lowest BCUT2D eigenvalue weighted by molar-refractivity contribution is 0.581. The highest BCUT2D eigenvalue weighted by atomic mass is 35.5. The Hall–Kier alpha value is -4.73. The Bertz CT molecular complexity index is 2810. The molecule has 306 valence electrons. The van der Waals surface area contributed by atoms with Crippen LogP contribution < -0.4 is 40.0 Å². The van der Waals surface area contributed by atoms with Gasteiger partial charge < -0.3 is 8.85 Å². The SMILES string of the molecule is CCc1ccc2c(O[Si](c3ccc(Cl)cc3)(c3ccc(Cl)cc3)c3ccc(Cl)cc3)c3ccccc3c(O[Si](c3ccc(Cl)cc3)(c3ccc(Cl)cc3)c3ccc(Cl)cc3)c2c1. The second-order valence-corrected chi connectivity index (χ2v) is 24.3. The van der Waals surface area contributed by atoms with Crippen LogP contribution in [0.1, 0.15) is 12.5 Å². The van der Waals surface area contributed by atoms with Crippen molar-refractivity contribution in [2.45, 2.75) is 13.3 Å². The van der Waals surface area contributed by atoms with Crippen molar-refractivity contribution in [2.75, 3.05) is 0 Å². The number of hydrogen-bond acceptors (Lipinski definition) is 2. The zero-order valence-electron chi connectivity index (χ0n) is 33.2. The van der Waals surface area contributed by atoms with Gasteiger partial charge in [0.15, 0.2) is 0 Å². The van der Waals surface area contributed by atoms with Crippen molar-refractivity contribution >= 4 is 139 Å². The largest absolute Gasteiger partial charge is 0.529 e. The van der Waals surface area contributed by atoms with E-state index < -0.39 is 16.6 Å². The summed E-state index contributed by atoms with van der Waals surface area (Å²) in [5.74, 6) is 1.47. The molecule has 2 nitrogen and oxygen atoms in total. The van der Waals surface area contributed by atoms with Crippen molar-refractivity contribution in [1.82, 2.24) is 0 Å². The normalized spacial score (nSPS) is 11.9. The summed E-state index contributed by atoms with van der Waals surface area (Å²) in [7, 11) is -6.95. The lowest BCUT2D eigenvalue weighted by Gasteiger charge is -2.36. The van der Waals surface area contributed by atoms with Crippen LogP contribution in [-0.4, -0.2) is 16.6 Å². The molecule has 9 aromatic carbocycles. The molecule has 0 aliphatic carbocycles. The van der Waals surface area contributed by atoms with Crippen molar-refractivity contribution < 1.29 is 8.85 Å². The molecule has 0 saturated heterocycles. The monoisotopic (exact) mass is 958 g/mol. The molecular formula is C52H36Cl6O2Si2. The molecule has 0 fully saturated rings. The van der Waals surface area contributed by atoms with Crippen LogP contribution in [0.15, 0.2) is 188 Å². The van der Waals surface area contributed by atoms with Gasteiger partial charge in [-0.05, 0) is 122 Å². The van der Waals surface area contributed by atoms with Crippen LogP contribution in [0.3, 0.4) is 0 Å². The molecule has 0 aliphatic heterocycles. The van der Waals surface area contributed by atoms with E-state index in [2.05, 4.69) is 110 Å². The highest BCUT2D eigenvalue weighted by Gasteiger charge is 2.47. The third-order valence-electron chi connectivity index (χ3n) is 11.4. The van der Waals surface area contributed by atoms with Gasteiger partial charge >= 0.3 is 16.6 Å². The third-order valence-corrected chi connectivity index (χ3v) is 20.8. The van der Waals surface area contributed by atoms with E-state index in [1.165, 1.54) is 0 Å². The summed E-state index contributed by atoms with van der Waals surface area (Å²) in [5, 5.41) is 13.3. The van der Waals surface area contributed by atoms with Gasteiger partial charge in [-0.1, -0.05) is 186 Å². The molecule has 0 saturated carbocycles. The van der Waals surface area contributed by atoms with Crippen molar-refractivity contribution in [1.29, 1.82) is 0 Å². The summed E-state index contributed by atoms with van der Waals surface area (Å²) in [6.45, 7) is 2.16. The van der Waals surface area contributed by atoms with Crippen LogP contribution in [0.2, 0.25) is 30.1 Å². The van der Waals surface area contributed by atoms with Crippen molar-refractivity contribution in [3.63, 3.8) is 0 Å². The Morgan fingerprint density at radius 3 is 0.855 bits per heavy atom. The van der Waals surface area contributed by atoms with Crippen LogP contribution in [0.4, 0.5) is 0 Å². The van der Waals surface area contributed by atoms with E-state index in [1.54, 1.807) is 0 Å². The Balaban J connectivity index is 1.39. The minimum Gasteiger partial charge on any atom is -0.529 e. The molecule has 0 amide bonds. The van der Waals surface area contributed by atoms with E-state index in [-0.39, 0.29) is 0 Å². The van der Waals surface area contributed by atoms with Crippen LogP contribution in [0.5, 0.6) is 11.5 Å². The van der Waals surface area contributed by atoms with Gasteiger partial charge in [-0.2, -0.15) is 0 Å². The Morgan fingerprint density at radius 1 is 0.323 bits per heavy atom. The van der Waals surface area contributed by atoms with Crippen molar-refractivity contribution in [2.24, 2.45) is 0 Å². The van der Waals surface area contributed by atoms with E-state index in [1.807, 2.05) is 84.9 Å². The first kappa shape index (κ1) is 42.6. The summed E-state index contributed by atoms with van der Waals surface area (Å²) in [5.41, 5.74) is 1.15. The number of hydrogen-bond donors (Lipinski definition) is 0. The fourth-order valence-corrected chi connectivity index (χ4v) is 16.7. The first-order chi connectivity index (χ1) is 30.1. The average molecular weight is 962 g/mol. The minimum absolute atomic E-state index is 0.628. The first-order valence-electron chi connectivity index (χ1n) is 20.0. The summed E-state index contributed by atoms with van der Waals surface area (Å²) in [4.78, 5) is 0. The van der Waals surface area contributed by atoms with Crippen LogP contribution in [-0.2, 0) is 6.42 Å². The highest BCUT2D eigenvalue weighted by molar-refractivity contribution is 7.08. The second-order valence-electron chi connectivity index (χ2n) is 15.0. The van der Waals surface area contributed by atoms with Gasteiger partial charge in [-0.25, -0.2) is 0 Å². The van der Waals surface area contributed by atoms with Crippen molar-refractivity contribution in [3.8, 4) is 11.5 Å². The fourth-order valence-electron chi connectivity index (χ4n) is 8.35. The number of rotatable bonds is 11. The third kappa shape index (κ3) is 7.93.